The molecule has 1 aliphatic heterocycles. The van der Waals surface area contributed by atoms with Crippen LogP contribution in [0.25, 0.3) is 5.52 Å². The first-order valence-corrected chi connectivity index (χ1v) is 5.16. The predicted molar refractivity (Wildman–Crippen MR) is 55.2 cm³/mol. The van der Waals surface area contributed by atoms with E-state index >= 15 is 0 Å². The maximum Gasteiger partial charge on any atom is 0.199 e. The summed E-state index contributed by atoms with van der Waals surface area (Å²) < 4.78 is 15.2. The summed E-state index contributed by atoms with van der Waals surface area (Å²) in [6.45, 7) is 2.03. The van der Waals surface area contributed by atoms with E-state index < -0.39 is 0 Å². The van der Waals surface area contributed by atoms with Gasteiger partial charge >= 0.3 is 0 Å². The molecule has 4 heteroatoms. The zero-order chi connectivity index (χ0) is 10.3. The second kappa shape index (κ2) is 3.31. The smallest absolute Gasteiger partial charge is 0.199 e. The Morgan fingerprint density at radius 2 is 2.33 bits per heavy atom. The van der Waals surface area contributed by atoms with Gasteiger partial charge in [0.15, 0.2) is 5.95 Å². The lowest BCUT2D eigenvalue weighted by Gasteiger charge is -2.26. The van der Waals surface area contributed by atoms with Crippen molar-refractivity contribution < 1.29 is 4.39 Å². The molecule has 2 aromatic rings. The highest BCUT2D eigenvalue weighted by molar-refractivity contribution is 5.45. The minimum absolute atomic E-state index is 0.229. The number of aromatic nitrogens is 2. The summed E-state index contributed by atoms with van der Waals surface area (Å²) in [6.07, 6.45) is 2.58. The normalized spacial score (nSPS) is 16.9. The van der Waals surface area contributed by atoms with Gasteiger partial charge in [-0.1, -0.05) is 6.07 Å². The van der Waals surface area contributed by atoms with Crippen molar-refractivity contribution in [3.05, 3.63) is 36.2 Å². The van der Waals surface area contributed by atoms with Gasteiger partial charge in [0.1, 0.15) is 5.82 Å². The first-order valence-electron chi connectivity index (χ1n) is 5.16. The van der Waals surface area contributed by atoms with Crippen LogP contribution in [0, 0.1) is 11.9 Å². The Morgan fingerprint density at radius 3 is 3.07 bits per heavy atom. The first-order chi connectivity index (χ1) is 7.34. The van der Waals surface area contributed by atoms with Gasteiger partial charge in [-0.25, -0.2) is 4.98 Å². The fourth-order valence-electron chi connectivity index (χ4n) is 1.96. The molecule has 1 N–H and O–H groups in total. The Bertz CT molecular complexity index is 488. The molecule has 0 bridgehead atoms. The van der Waals surface area contributed by atoms with Crippen molar-refractivity contribution in [3.63, 3.8) is 0 Å². The molecule has 0 saturated carbocycles. The van der Waals surface area contributed by atoms with E-state index in [0.29, 0.717) is 5.92 Å². The second-order valence-corrected chi connectivity index (χ2v) is 4.01. The van der Waals surface area contributed by atoms with Crippen LogP contribution in [0.1, 0.15) is 5.82 Å². The lowest BCUT2D eigenvalue weighted by atomic mass is 9.99. The van der Waals surface area contributed by atoms with Gasteiger partial charge < -0.3 is 5.32 Å². The second-order valence-electron chi connectivity index (χ2n) is 4.01. The van der Waals surface area contributed by atoms with Crippen molar-refractivity contribution in [1.82, 2.24) is 14.7 Å². The zero-order valence-corrected chi connectivity index (χ0v) is 8.28. The number of imidazole rings is 1. The van der Waals surface area contributed by atoms with Crippen LogP contribution < -0.4 is 5.32 Å². The van der Waals surface area contributed by atoms with Gasteiger partial charge in [0, 0.05) is 6.42 Å². The monoisotopic (exact) mass is 205 g/mol. The highest BCUT2D eigenvalue weighted by Gasteiger charge is 2.19. The Morgan fingerprint density at radius 1 is 1.47 bits per heavy atom. The van der Waals surface area contributed by atoms with E-state index in [2.05, 4.69) is 10.3 Å². The van der Waals surface area contributed by atoms with Gasteiger partial charge in [0.25, 0.3) is 0 Å². The molecule has 0 radical (unpaired) electrons. The number of hydrogen-bond donors (Lipinski definition) is 1. The van der Waals surface area contributed by atoms with Crippen LogP contribution in [0.4, 0.5) is 4.39 Å². The van der Waals surface area contributed by atoms with E-state index in [0.717, 1.165) is 30.9 Å². The van der Waals surface area contributed by atoms with E-state index in [4.69, 9.17) is 0 Å². The molecule has 1 saturated heterocycles. The first kappa shape index (κ1) is 8.85. The van der Waals surface area contributed by atoms with E-state index in [1.54, 1.807) is 16.7 Å². The molecule has 0 aliphatic carbocycles. The van der Waals surface area contributed by atoms with Gasteiger partial charge in [0.2, 0.25) is 0 Å². The van der Waals surface area contributed by atoms with Gasteiger partial charge in [-0.05, 0) is 31.1 Å². The predicted octanol–water partition coefficient (Wildman–Crippen LogP) is 1.24. The molecule has 1 fully saturated rings. The van der Waals surface area contributed by atoms with Gasteiger partial charge in [-0.2, -0.15) is 4.39 Å². The van der Waals surface area contributed by atoms with E-state index in [9.17, 15) is 4.39 Å². The van der Waals surface area contributed by atoms with Crippen LogP contribution in [0.3, 0.4) is 0 Å². The molecule has 3 rings (SSSR count). The Hall–Kier alpha value is -1.42. The summed E-state index contributed by atoms with van der Waals surface area (Å²) in [5.74, 6) is 1.21. The van der Waals surface area contributed by atoms with Crippen LogP contribution in [0.15, 0.2) is 24.4 Å². The molecule has 3 heterocycles. The van der Waals surface area contributed by atoms with E-state index in [1.165, 1.54) is 6.07 Å². The van der Waals surface area contributed by atoms with Crippen molar-refractivity contribution in [2.24, 2.45) is 5.92 Å². The van der Waals surface area contributed by atoms with Crippen molar-refractivity contribution in [1.29, 1.82) is 0 Å². The summed E-state index contributed by atoms with van der Waals surface area (Å²) >= 11 is 0. The summed E-state index contributed by atoms with van der Waals surface area (Å²) in [6, 6.07) is 5.05. The Labute approximate surface area is 86.9 Å². The van der Waals surface area contributed by atoms with Gasteiger partial charge in [-0.3, -0.25) is 4.40 Å². The highest BCUT2D eigenvalue weighted by Crippen LogP contribution is 2.15. The number of rotatable bonds is 2. The standard InChI is InChI=1S/C11H12FN3/c12-10-3-1-2-9-7-14-11(15(9)10)4-8-5-13-6-8/h1-3,7-8,13H,4-6H2. The molecule has 0 aromatic carbocycles. The van der Waals surface area contributed by atoms with Crippen LogP contribution in [-0.2, 0) is 6.42 Å². The van der Waals surface area contributed by atoms with E-state index in [1.807, 2.05) is 6.07 Å². The van der Waals surface area contributed by atoms with Crippen LogP contribution in [-0.4, -0.2) is 22.5 Å². The fraction of sp³-hybridized carbons (Fsp3) is 0.364. The lowest BCUT2D eigenvalue weighted by molar-refractivity contribution is 0.339. The lowest BCUT2D eigenvalue weighted by Crippen LogP contribution is -2.43. The highest BCUT2D eigenvalue weighted by atomic mass is 19.1. The third-order valence-electron chi connectivity index (χ3n) is 2.91. The molecule has 0 atom stereocenters. The molecule has 15 heavy (non-hydrogen) atoms. The molecular weight excluding hydrogens is 193 g/mol. The summed E-state index contributed by atoms with van der Waals surface area (Å²) in [5.41, 5.74) is 0.831. The number of halogens is 1. The Kier molecular flexibility index (Phi) is 1.95. The van der Waals surface area contributed by atoms with Crippen molar-refractivity contribution in [2.45, 2.75) is 6.42 Å². The summed E-state index contributed by atoms with van der Waals surface area (Å²) in [5, 5.41) is 3.21. The maximum atomic E-state index is 13.6. The van der Waals surface area contributed by atoms with Crippen LogP contribution in [0.2, 0.25) is 0 Å². The van der Waals surface area contributed by atoms with Crippen LogP contribution in [0.5, 0.6) is 0 Å². The van der Waals surface area contributed by atoms with Crippen molar-refractivity contribution in [2.75, 3.05) is 13.1 Å². The molecule has 78 valence electrons. The van der Waals surface area contributed by atoms with Gasteiger partial charge in [0.05, 0.1) is 11.7 Å². The molecule has 3 nitrogen and oxygen atoms in total. The number of pyridine rings is 1. The topological polar surface area (TPSA) is 29.3 Å². The molecule has 0 unspecified atom stereocenters. The largest absolute Gasteiger partial charge is 0.316 e. The average Bonchev–Trinajstić information content (AvgIpc) is 2.56. The summed E-state index contributed by atoms with van der Waals surface area (Å²) in [7, 11) is 0. The molecule has 2 aromatic heterocycles. The molecule has 0 spiro atoms. The number of fused-ring (bicyclic) bond motifs is 1. The SMILES string of the molecule is Fc1cccc2cnc(CC3CNC3)n12. The van der Waals surface area contributed by atoms with E-state index in [-0.39, 0.29) is 5.95 Å². The van der Waals surface area contributed by atoms with Gasteiger partial charge in [-0.15, -0.1) is 0 Å². The maximum absolute atomic E-state index is 13.6. The minimum Gasteiger partial charge on any atom is -0.316 e. The molecular formula is C11H12FN3. The number of nitrogens with one attached hydrogen (secondary N) is 1. The summed E-state index contributed by atoms with van der Waals surface area (Å²) in [4.78, 5) is 4.27. The third-order valence-corrected chi connectivity index (χ3v) is 2.91. The zero-order valence-electron chi connectivity index (χ0n) is 8.28. The number of hydrogen-bond acceptors (Lipinski definition) is 2. The average molecular weight is 205 g/mol. The number of nitrogens with zero attached hydrogens (tertiary/aromatic N) is 2. The molecule has 1 aliphatic rings. The minimum atomic E-state index is -0.229. The Balaban J connectivity index is 2.02. The quantitative estimate of drug-likeness (QED) is 0.747. The molecule has 0 amide bonds. The van der Waals surface area contributed by atoms with Crippen molar-refractivity contribution in [3.8, 4) is 0 Å². The van der Waals surface area contributed by atoms with Crippen molar-refractivity contribution >= 4 is 5.52 Å². The van der Waals surface area contributed by atoms with Crippen LogP contribution >= 0.6 is 0 Å². The third kappa shape index (κ3) is 1.41. The fourth-order valence-corrected chi connectivity index (χ4v) is 1.96.